The van der Waals surface area contributed by atoms with E-state index in [1.165, 1.54) is 0 Å². The van der Waals surface area contributed by atoms with E-state index in [1.54, 1.807) is 21.3 Å². The summed E-state index contributed by atoms with van der Waals surface area (Å²) < 4.78 is 40.6. The second-order valence-electron chi connectivity index (χ2n) is 9.26. The lowest BCUT2D eigenvalue weighted by molar-refractivity contribution is -0.174. The van der Waals surface area contributed by atoms with Crippen LogP contribution in [0.1, 0.15) is 43.7 Å². The summed E-state index contributed by atoms with van der Waals surface area (Å²) >= 11 is 0. The van der Waals surface area contributed by atoms with Crippen LogP contribution in [-0.4, -0.2) is 64.4 Å². The SMILES string of the molecule is CCOC(=O)[C@@H]1[C@@H](c2cc(OC)c(OC)c(OC)c2)c2cc3c(cc2O[C@@]1(C)N1CCCC1)OCO3. The van der Waals surface area contributed by atoms with E-state index in [-0.39, 0.29) is 19.4 Å². The highest BCUT2D eigenvalue weighted by Gasteiger charge is 2.56. The van der Waals surface area contributed by atoms with Crippen molar-refractivity contribution in [1.82, 2.24) is 4.90 Å². The Balaban J connectivity index is 1.77. The number of methoxy groups -OCH3 is 3. The minimum Gasteiger partial charge on any atom is -0.493 e. The monoisotopic (exact) mass is 499 g/mol. The third-order valence-electron chi connectivity index (χ3n) is 7.39. The van der Waals surface area contributed by atoms with Crippen molar-refractivity contribution in [3.63, 3.8) is 0 Å². The lowest BCUT2D eigenvalue weighted by atomic mass is 9.72. The Morgan fingerprint density at radius 2 is 1.61 bits per heavy atom. The molecule has 3 aliphatic heterocycles. The Kier molecular flexibility index (Phi) is 6.51. The molecule has 3 heterocycles. The van der Waals surface area contributed by atoms with Crippen LogP contribution in [0.5, 0.6) is 34.5 Å². The Bertz CT molecular complexity index is 1120. The smallest absolute Gasteiger partial charge is 0.315 e. The zero-order valence-electron chi connectivity index (χ0n) is 21.4. The van der Waals surface area contributed by atoms with Gasteiger partial charge in [0.2, 0.25) is 12.5 Å². The Hall–Kier alpha value is -3.33. The lowest BCUT2D eigenvalue weighted by Crippen LogP contribution is -2.61. The molecule has 194 valence electrons. The molecule has 36 heavy (non-hydrogen) atoms. The van der Waals surface area contributed by atoms with Gasteiger partial charge in [-0.3, -0.25) is 9.69 Å². The van der Waals surface area contributed by atoms with Gasteiger partial charge in [0.05, 0.1) is 27.9 Å². The number of benzene rings is 2. The van der Waals surface area contributed by atoms with Crippen molar-refractivity contribution in [1.29, 1.82) is 0 Å². The first-order chi connectivity index (χ1) is 17.4. The summed E-state index contributed by atoms with van der Waals surface area (Å²) in [6.45, 7) is 5.86. The zero-order chi connectivity index (χ0) is 25.4. The zero-order valence-corrected chi connectivity index (χ0v) is 21.4. The molecule has 0 spiro atoms. The Labute approximate surface area is 211 Å². The molecule has 3 atom stereocenters. The molecule has 0 unspecified atom stereocenters. The Morgan fingerprint density at radius 3 is 2.19 bits per heavy atom. The fourth-order valence-corrected chi connectivity index (χ4v) is 5.71. The molecule has 1 fully saturated rings. The van der Waals surface area contributed by atoms with Crippen LogP contribution in [0, 0.1) is 5.92 Å². The van der Waals surface area contributed by atoms with Crippen molar-refractivity contribution in [2.24, 2.45) is 5.92 Å². The molecule has 9 heteroatoms. The van der Waals surface area contributed by atoms with Crippen LogP contribution in [0.2, 0.25) is 0 Å². The number of nitrogens with zero attached hydrogens (tertiary/aromatic N) is 1. The predicted molar refractivity (Wildman–Crippen MR) is 130 cm³/mol. The fourth-order valence-electron chi connectivity index (χ4n) is 5.71. The first-order valence-electron chi connectivity index (χ1n) is 12.3. The standard InChI is InChI=1S/C27H33NO8/c1-6-33-26(29)24-23(16-11-21(30-3)25(32-5)22(12-16)31-4)17-13-19-20(35-15-34-19)14-18(17)36-27(24,2)28-9-7-8-10-28/h11-14,23-24H,6-10,15H2,1-5H3/t23-,24-,27+/m0/s1. The van der Waals surface area contributed by atoms with Gasteiger partial charge in [0.15, 0.2) is 28.7 Å². The van der Waals surface area contributed by atoms with E-state index in [0.29, 0.717) is 34.5 Å². The molecule has 2 aromatic carbocycles. The average Bonchev–Trinajstić information content (AvgIpc) is 3.58. The summed E-state index contributed by atoms with van der Waals surface area (Å²) in [5.41, 5.74) is 0.675. The van der Waals surface area contributed by atoms with Gasteiger partial charge in [0.1, 0.15) is 11.7 Å². The molecule has 0 aliphatic carbocycles. The van der Waals surface area contributed by atoms with E-state index in [1.807, 2.05) is 38.1 Å². The van der Waals surface area contributed by atoms with Crippen molar-refractivity contribution < 1.29 is 38.0 Å². The van der Waals surface area contributed by atoms with Crippen molar-refractivity contribution in [2.45, 2.75) is 38.3 Å². The summed E-state index contributed by atoms with van der Waals surface area (Å²) in [4.78, 5) is 16.0. The van der Waals surface area contributed by atoms with E-state index in [2.05, 4.69) is 4.90 Å². The van der Waals surface area contributed by atoms with Gasteiger partial charge < -0.3 is 33.2 Å². The van der Waals surface area contributed by atoms with Gasteiger partial charge in [0, 0.05) is 30.6 Å². The van der Waals surface area contributed by atoms with Crippen LogP contribution in [-0.2, 0) is 9.53 Å². The summed E-state index contributed by atoms with van der Waals surface area (Å²) in [5, 5.41) is 0. The first-order valence-corrected chi connectivity index (χ1v) is 12.3. The molecule has 0 saturated carbocycles. The van der Waals surface area contributed by atoms with Crippen LogP contribution in [0.4, 0.5) is 0 Å². The number of carbonyl (C=O) groups excluding carboxylic acids is 1. The topological polar surface area (TPSA) is 84.9 Å². The van der Waals surface area contributed by atoms with Gasteiger partial charge in [-0.15, -0.1) is 0 Å². The van der Waals surface area contributed by atoms with Crippen molar-refractivity contribution in [3.8, 4) is 34.5 Å². The lowest BCUT2D eigenvalue weighted by Gasteiger charge is -2.49. The van der Waals surface area contributed by atoms with Gasteiger partial charge in [0.25, 0.3) is 0 Å². The summed E-state index contributed by atoms with van der Waals surface area (Å²) in [7, 11) is 4.72. The van der Waals surface area contributed by atoms with E-state index in [9.17, 15) is 4.79 Å². The van der Waals surface area contributed by atoms with Crippen LogP contribution in [0.15, 0.2) is 24.3 Å². The molecule has 9 nitrogen and oxygen atoms in total. The normalized spacial score (nSPS) is 24.6. The van der Waals surface area contributed by atoms with Crippen molar-refractivity contribution >= 4 is 5.97 Å². The fraction of sp³-hybridized carbons (Fsp3) is 0.519. The first kappa shape index (κ1) is 24.4. The third kappa shape index (κ3) is 3.86. The minimum atomic E-state index is -0.950. The molecular weight excluding hydrogens is 466 g/mol. The number of hydrogen-bond acceptors (Lipinski definition) is 9. The van der Waals surface area contributed by atoms with E-state index in [4.69, 9.17) is 33.2 Å². The number of rotatable bonds is 7. The van der Waals surface area contributed by atoms with Gasteiger partial charge in [-0.25, -0.2) is 0 Å². The number of ether oxygens (including phenoxy) is 7. The predicted octanol–water partition coefficient (Wildman–Crippen LogP) is 3.96. The molecule has 0 N–H and O–H groups in total. The second kappa shape index (κ2) is 9.61. The van der Waals surface area contributed by atoms with Gasteiger partial charge in [-0.2, -0.15) is 0 Å². The van der Waals surface area contributed by atoms with Gasteiger partial charge >= 0.3 is 5.97 Å². The molecule has 0 bridgehead atoms. The largest absolute Gasteiger partial charge is 0.493 e. The highest BCUT2D eigenvalue weighted by Crippen LogP contribution is 2.55. The van der Waals surface area contributed by atoms with E-state index < -0.39 is 17.6 Å². The highest BCUT2D eigenvalue weighted by molar-refractivity contribution is 5.78. The number of fused-ring (bicyclic) bond motifs is 2. The molecule has 2 aromatic rings. The molecule has 3 aliphatic rings. The summed E-state index contributed by atoms with van der Waals surface area (Å²) in [6.07, 6.45) is 2.08. The summed E-state index contributed by atoms with van der Waals surface area (Å²) in [5.74, 6) is 1.93. The molecule has 1 saturated heterocycles. The quantitative estimate of drug-likeness (QED) is 0.526. The van der Waals surface area contributed by atoms with Crippen molar-refractivity contribution in [3.05, 3.63) is 35.4 Å². The molecular formula is C27H33NO8. The second-order valence-corrected chi connectivity index (χ2v) is 9.26. The maximum Gasteiger partial charge on any atom is 0.315 e. The number of hydrogen-bond donors (Lipinski definition) is 0. The van der Waals surface area contributed by atoms with Gasteiger partial charge in [-0.05, 0) is 50.5 Å². The maximum atomic E-state index is 13.8. The molecule has 5 rings (SSSR count). The highest BCUT2D eigenvalue weighted by atomic mass is 16.7. The van der Waals surface area contributed by atoms with E-state index >= 15 is 0 Å². The third-order valence-corrected chi connectivity index (χ3v) is 7.39. The van der Waals surface area contributed by atoms with E-state index in [0.717, 1.165) is 37.1 Å². The summed E-state index contributed by atoms with van der Waals surface area (Å²) in [6, 6.07) is 7.55. The number of carbonyl (C=O) groups is 1. The molecule has 0 amide bonds. The maximum absolute atomic E-state index is 13.8. The van der Waals surface area contributed by atoms with Crippen molar-refractivity contribution in [2.75, 3.05) is 47.8 Å². The number of esters is 1. The Morgan fingerprint density at radius 1 is 0.972 bits per heavy atom. The van der Waals surface area contributed by atoms with Gasteiger partial charge in [-0.1, -0.05) is 0 Å². The minimum absolute atomic E-state index is 0.137. The van der Waals surface area contributed by atoms with Crippen LogP contribution in [0.3, 0.4) is 0 Å². The van der Waals surface area contributed by atoms with Crippen LogP contribution >= 0.6 is 0 Å². The van der Waals surface area contributed by atoms with Crippen LogP contribution in [0.25, 0.3) is 0 Å². The number of likely N-dealkylation sites (tertiary alicyclic amines) is 1. The molecule has 0 aromatic heterocycles. The van der Waals surface area contributed by atoms with Crippen LogP contribution < -0.4 is 28.4 Å². The molecule has 0 radical (unpaired) electrons. The average molecular weight is 500 g/mol.